The second-order valence-corrected chi connectivity index (χ2v) is 5.10. The number of carboxylic acids is 1. The summed E-state index contributed by atoms with van der Waals surface area (Å²) in [5.74, 6) is 0.807. The highest BCUT2D eigenvalue weighted by Gasteiger charge is 2.29. The number of aliphatic carboxylic acids is 1. The summed E-state index contributed by atoms with van der Waals surface area (Å²) in [5.41, 5.74) is -0.862. The summed E-state index contributed by atoms with van der Waals surface area (Å²) in [7, 11) is 1.67. The lowest BCUT2D eigenvalue weighted by Crippen LogP contribution is -2.47. The van der Waals surface area contributed by atoms with Gasteiger partial charge in [-0.25, -0.2) is 0 Å². The van der Waals surface area contributed by atoms with Crippen molar-refractivity contribution < 1.29 is 19.4 Å². The summed E-state index contributed by atoms with van der Waals surface area (Å²) in [5, 5.41) is 12.0. The van der Waals surface area contributed by atoms with Crippen molar-refractivity contribution in [1.82, 2.24) is 5.32 Å². The van der Waals surface area contributed by atoms with Crippen LogP contribution in [0.1, 0.15) is 33.1 Å². The predicted molar refractivity (Wildman–Crippen MR) is 82.1 cm³/mol. The van der Waals surface area contributed by atoms with Crippen LogP contribution in [0.4, 0.5) is 0 Å². The van der Waals surface area contributed by atoms with Gasteiger partial charge >= 0.3 is 5.97 Å². The van der Waals surface area contributed by atoms with Gasteiger partial charge in [-0.15, -0.1) is 0 Å². The number of likely N-dealkylation sites (N-methyl/N-ethyl adjacent to an activating group) is 1. The smallest absolute Gasteiger partial charge is 0.323 e. The highest BCUT2D eigenvalue weighted by atomic mass is 16.5. The Morgan fingerprint density at radius 3 is 2.24 bits per heavy atom. The van der Waals surface area contributed by atoms with E-state index in [1.54, 1.807) is 14.0 Å². The number of hydrogen-bond donors (Lipinski definition) is 2. The van der Waals surface area contributed by atoms with E-state index in [4.69, 9.17) is 14.6 Å². The van der Waals surface area contributed by atoms with E-state index in [-0.39, 0.29) is 0 Å². The maximum atomic E-state index is 11.1. The fraction of sp³-hybridized carbons (Fsp3) is 0.562. The fourth-order valence-corrected chi connectivity index (χ4v) is 1.91. The third-order valence-electron chi connectivity index (χ3n) is 3.50. The quantitative estimate of drug-likeness (QED) is 0.650. The van der Waals surface area contributed by atoms with Crippen LogP contribution in [-0.2, 0) is 4.79 Å². The number of ether oxygens (including phenoxy) is 2. The van der Waals surface area contributed by atoms with Crippen molar-refractivity contribution in [2.75, 3.05) is 20.3 Å². The number of carboxylic acid groups (broad SMARTS) is 1. The van der Waals surface area contributed by atoms with Crippen molar-refractivity contribution in [1.29, 1.82) is 0 Å². The Morgan fingerprint density at radius 1 is 1.19 bits per heavy atom. The van der Waals surface area contributed by atoms with Crippen LogP contribution >= 0.6 is 0 Å². The summed E-state index contributed by atoms with van der Waals surface area (Å²) in [6.45, 7) is 4.87. The first kappa shape index (κ1) is 17.3. The highest BCUT2D eigenvalue weighted by Crippen LogP contribution is 2.18. The van der Waals surface area contributed by atoms with Crippen molar-refractivity contribution in [3.8, 4) is 11.5 Å². The Bertz CT molecular complexity index is 432. The number of benzene rings is 1. The Morgan fingerprint density at radius 2 is 1.76 bits per heavy atom. The van der Waals surface area contributed by atoms with Gasteiger partial charge in [-0.2, -0.15) is 0 Å². The van der Waals surface area contributed by atoms with Gasteiger partial charge in [0, 0.05) is 0 Å². The van der Waals surface area contributed by atoms with Crippen LogP contribution in [0.15, 0.2) is 24.3 Å². The SMILES string of the molecule is CCOc1ccc(OCCCCC(C)(NC)C(=O)O)cc1. The molecule has 0 radical (unpaired) electrons. The lowest BCUT2D eigenvalue weighted by atomic mass is 9.95. The van der Waals surface area contributed by atoms with Gasteiger partial charge in [0.05, 0.1) is 13.2 Å². The summed E-state index contributed by atoms with van der Waals surface area (Å²) in [6, 6.07) is 7.50. The molecule has 0 heterocycles. The molecule has 1 rings (SSSR count). The fourth-order valence-electron chi connectivity index (χ4n) is 1.91. The molecule has 21 heavy (non-hydrogen) atoms. The minimum absolute atomic E-state index is 0.575. The largest absolute Gasteiger partial charge is 0.494 e. The zero-order valence-electron chi connectivity index (χ0n) is 13.0. The molecular weight excluding hydrogens is 270 g/mol. The normalized spacial score (nSPS) is 13.5. The van der Waals surface area contributed by atoms with Crippen LogP contribution in [0.25, 0.3) is 0 Å². The summed E-state index contributed by atoms with van der Waals surface area (Å²) < 4.78 is 11.0. The molecule has 2 N–H and O–H groups in total. The van der Waals surface area contributed by atoms with Gasteiger partial charge in [-0.3, -0.25) is 4.79 Å². The van der Waals surface area contributed by atoms with E-state index < -0.39 is 11.5 Å². The van der Waals surface area contributed by atoms with Crippen LogP contribution in [-0.4, -0.2) is 36.9 Å². The standard InChI is InChI=1S/C16H25NO4/c1-4-20-13-7-9-14(10-8-13)21-12-6-5-11-16(2,17-3)15(18)19/h7-10,17H,4-6,11-12H2,1-3H3,(H,18,19). The third kappa shape index (κ3) is 5.63. The van der Waals surface area contributed by atoms with Crippen LogP contribution in [0.5, 0.6) is 11.5 Å². The molecule has 0 aliphatic heterocycles. The average Bonchev–Trinajstić information content (AvgIpc) is 2.48. The first-order valence-electron chi connectivity index (χ1n) is 7.30. The zero-order chi connectivity index (χ0) is 15.7. The van der Waals surface area contributed by atoms with Crippen molar-refractivity contribution in [2.24, 2.45) is 0 Å². The van der Waals surface area contributed by atoms with Crippen LogP contribution < -0.4 is 14.8 Å². The Kier molecular flexibility index (Phi) is 7.02. The topological polar surface area (TPSA) is 67.8 Å². The predicted octanol–water partition coefficient (Wildman–Crippen LogP) is 2.70. The molecule has 1 aromatic carbocycles. The molecule has 1 atom stereocenters. The van der Waals surface area contributed by atoms with Gasteiger partial charge in [0.25, 0.3) is 0 Å². The number of carbonyl (C=O) groups is 1. The van der Waals surface area contributed by atoms with Crippen molar-refractivity contribution in [2.45, 2.75) is 38.6 Å². The van der Waals surface area contributed by atoms with Gasteiger partial charge in [0.2, 0.25) is 0 Å². The van der Waals surface area contributed by atoms with Crippen LogP contribution in [0.3, 0.4) is 0 Å². The van der Waals surface area contributed by atoms with Gasteiger partial charge in [0.1, 0.15) is 17.0 Å². The molecule has 0 spiro atoms. The second-order valence-electron chi connectivity index (χ2n) is 5.10. The molecule has 118 valence electrons. The van der Waals surface area contributed by atoms with Gasteiger partial charge in [0.15, 0.2) is 0 Å². The highest BCUT2D eigenvalue weighted by molar-refractivity contribution is 5.78. The monoisotopic (exact) mass is 295 g/mol. The van der Waals surface area contributed by atoms with E-state index >= 15 is 0 Å². The first-order valence-corrected chi connectivity index (χ1v) is 7.30. The van der Waals surface area contributed by atoms with Gasteiger partial charge in [-0.1, -0.05) is 0 Å². The lowest BCUT2D eigenvalue weighted by Gasteiger charge is -2.23. The second kappa shape index (κ2) is 8.52. The molecule has 1 aromatic rings. The molecular formula is C16H25NO4. The third-order valence-corrected chi connectivity index (χ3v) is 3.50. The minimum atomic E-state index is -0.862. The summed E-state index contributed by atoms with van der Waals surface area (Å²) >= 11 is 0. The number of hydrogen-bond acceptors (Lipinski definition) is 4. The van der Waals surface area contributed by atoms with E-state index in [2.05, 4.69) is 5.32 Å². The average molecular weight is 295 g/mol. The first-order chi connectivity index (χ1) is 10.0. The Hall–Kier alpha value is -1.75. The molecule has 0 fully saturated rings. The van der Waals surface area contributed by atoms with Gasteiger partial charge in [-0.05, 0) is 64.4 Å². The van der Waals surface area contributed by atoms with E-state index in [1.807, 2.05) is 31.2 Å². The summed E-state index contributed by atoms with van der Waals surface area (Å²) in [6.07, 6.45) is 2.18. The number of nitrogens with one attached hydrogen (secondary N) is 1. The number of unbranched alkanes of at least 4 members (excludes halogenated alkanes) is 1. The summed E-state index contributed by atoms with van der Waals surface area (Å²) in [4.78, 5) is 11.1. The molecule has 0 aromatic heterocycles. The Balaban J connectivity index is 2.26. The maximum absolute atomic E-state index is 11.1. The molecule has 0 aliphatic carbocycles. The Labute approximate surface area is 126 Å². The van der Waals surface area contributed by atoms with E-state index in [9.17, 15) is 4.79 Å². The molecule has 0 saturated heterocycles. The molecule has 0 saturated carbocycles. The molecule has 0 bridgehead atoms. The van der Waals surface area contributed by atoms with E-state index in [0.29, 0.717) is 19.6 Å². The van der Waals surface area contributed by atoms with Crippen molar-refractivity contribution >= 4 is 5.97 Å². The van der Waals surface area contributed by atoms with Crippen LogP contribution in [0.2, 0.25) is 0 Å². The molecule has 5 nitrogen and oxygen atoms in total. The molecule has 0 aliphatic rings. The number of rotatable bonds is 10. The van der Waals surface area contributed by atoms with E-state index in [0.717, 1.165) is 24.3 Å². The van der Waals surface area contributed by atoms with Crippen molar-refractivity contribution in [3.63, 3.8) is 0 Å². The molecule has 1 unspecified atom stereocenters. The van der Waals surface area contributed by atoms with Crippen molar-refractivity contribution in [3.05, 3.63) is 24.3 Å². The zero-order valence-corrected chi connectivity index (χ0v) is 13.0. The minimum Gasteiger partial charge on any atom is -0.494 e. The lowest BCUT2D eigenvalue weighted by molar-refractivity contribution is -0.144. The van der Waals surface area contributed by atoms with E-state index in [1.165, 1.54) is 0 Å². The maximum Gasteiger partial charge on any atom is 0.323 e. The van der Waals surface area contributed by atoms with Crippen LogP contribution in [0, 0.1) is 0 Å². The molecule has 5 heteroatoms. The van der Waals surface area contributed by atoms with Gasteiger partial charge < -0.3 is 19.9 Å². The molecule has 0 amide bonds.